The maximum atomic E-state index is 12.5. The Morgan fingerprint density at radius 1 is 1.22 bits per heavy atom. The number of sulfonamides is 1. The lowest BCUT2D eigenvalue weighted by Gasteiger charge is -2.16. The lowest BCUT2D eigenvalue weighted by atomic mass is 10.1. The van der Waals surface area contributed by atoms with E-state index in [-0.39, 0.29) is 20.5 Å². The van der Waals surface area contributed by atoms with Crippen LogP contribution in [0.15, 0.2) is 41.6 Å². The van der Waals surface area contributed by atoms with Crippen molar-refractivity contribution in [3.63, 3.8) is 0 Å². The highest BCUT2D eigenvalue weighted by Gasteiger charge is 2.24. The first-order chi connectivity index (χ1) is 10.7. The van der Waals surface area contributed by atoms with Crippen LogP contribution in [0.3, 0.4) is 0 Å². The molecule has 0 bridgehead atoms. The topological polar surface area (TPSA) is 96.4 Å². The number of carboxylic acids is 1. The molecule has 0 fully saturated rings. The first-order valence-electron chi connectivity index (χ1n) is 6.37. The Balaban J connectivity index is 2.40. The molecule has 0 radical (unpaired) electrons. The number of carboxylic acid groups (broad SMARTS) is 1. The van der Waals surface area contributed by atoms with Crippen LogP contribution in [0.5, 0.6) is 0 Å². The van der Waals surface area contributed by atoms with Crippen molar-refractivity contribution in [3.05, 3.63) is 57.8 Å². The molecule has 9 heteroatoms. The number of benzene rings is 1. The number of aromatic carboxylic acids is 1. The molecule has 1 atom stereocenters. The number of carbonyl (C=O) groups is 1. The number of nitrogens with one attached hydrogen (secondary N) is 1. The molecule has 6 nitrogen and oxygen atoms in total. The molecule has 23 heavy (non-hydrogen) atoms. The van der Waals surface area contributed by atoms with Crippen molar-refractivity contribution in [3.8, 4) is 0 Å². The number of hydrogen-bond acceptors (Lipinski definition) is 4. The zero-order valence-corrected chi connectivity index (χ0v) is 14.2. The molecule has 0 amide bonds. The fourth-order valence-corrected chi connectivity index (χ4v) is 4.00. The molecule has 1 unspecified atom stereocenters. The third kappa shape index (κ3) is 4.00. The van der Waals surface area contributed by atoms with Crippen LogP contribution in [-0.2, 0) is 10.0 Å². The van der Waals surface area contributed by atoms with Gasteiger partial charge in [-0.1, -0.05) is 23.2 Å². The number of pyridine rings is 1. The lowest BCUT2D eigenvalue weighted by molar-refractivity contribution is 0.0697. The summed E-state index contributed by atoms with van der Waals surface area (Å²) in [6.07, 6.45) is 3.08. The predicted octanol–water partition coefficient (Wildman–Crippen LogP) is 3.13. The van der Waals surface area contributed by atoms with Crippen molar-refractivity contribution in [1.82, 2.24) is 9.71 Å². The molecular formula is C14H12Cl2N2O4S. The minimum absolute atomic E-state index is 0.136. The van der Waals surface area contributed by atoms with Crippen molar-refractivity contribution < 1.29 is 18.3 Å². The minimum atomic E-state index is -4.04. The van der Waals surface area contributed by atoms with Gasteiger partial charge < -0.3 is 5.11 Å². The molecule has 2 N–H and O–H groups in total. The number of halogens is 2. The van der Waals surface area contributed by atoms with E-state index in [4.69, 9.17) is 28.3 Å². The Morgan fingerprint density at radius 2 is 1.83 bits per heavy atom. The molecule has 0 saturated carbocycles. The zero-order valence-electron chi connectivity index (χ0n) is 11.8. The standard InChI is InChI=1S/C14H12Cl2N2O4S/c1-8(9-2-4-17-5-3-9)18-23(21,22)13-6-10(14(19)20)11(15)7-12(13)16/h2-8,18H,1H3,(H,19,20). The highest BCUT2D eigenvalue weighted by molar-refractivity contribution is 7.89. The molecular weight excluding hydrogens is 363 g/mol. The van der Waals surface area contributed by atoms with Gasteiger partial charge in [-0.15, -0.1) is 0 Å². The summed E-state index contributed by atoms with van der Waals surface area (Å²) in [4.78, 5) is 14.6. The maximum absolute atomic E-state index is 12.5. The van der Waals surface area contributed by atoms with Crippen molar-refractivity contribution in [2.75, 3.05) is 0 Å². The Hall–Kier alpha value is -1.67. The second-order valence-corrected chi connectivity index (χ2v) is 7.19. The second kappa shape index (κ2) is 6.84. The van der Waals surface area contributed by atoms with E-state index in [9.17, 15) is 13.2 Å². The van der Waals surface area contributed by atoms with Gasteiger partial charge in [0.2, 0.25) is 10.0 Å². The molecule has 2 aromatic rings. The molecule has 0 aliphatic heterocycles. The van der Waals surface area contributed by atoms with E-state index in [2.05, 4.69) is 9.71 Å². The normalized spacial score (nSPS) is 12.8. The van der Waals surface area contributed by atoms with E-state index in [0.29, 0.717) is 5.56 Å². The van der Waals surface area contributed by atoms with Gasteiger partial charge >= 0.3 is 5.97 Å². The van der Waals surface area contributed by atoms with Crippen molar-refractivity contribution >= 4 is 39.2 Å². The summed E-state index contributed by atoms with van der Waals surface area (Å²) < 4.78 is 27.4. The quantitative estimate of drug-likeness (QED) is 0.837. The fraction of sp³-hybridized carbons (Fsp3) is 0.143. The monoisotopic (exact) mass is 374 g/mol. The van der Waals surface area contributed by atoms with Gasteiger partial charge in [-0.25, -0.2) is 17.9 Å². The second-order valence-electron chi connectivity index (χ2n) is 4.69. The molecule has 1 heterocycles. The van der Waals surface area contributed by atoms with Gasteiger partial charge in [0.1, 0.15) is 4.90 Å². The molecule has 2 rings (SSSR count). The molecule has 0 aliphatic carbocycles. The molecule has 0 spiro atoms. The first-order valence-corrected chi connectivity index (χ1v) is 8.61. The van der Waals surface area contributed by atoms with Crippen molar-refractivity contribution in [1.29, 1.82) is 0 Å². The third-order valence-corrected chi connectivity index (χ3v) is 5.40. The lowest BCUT2D eigenvalue weighted by Crippen LogP contribution is -2.27. The minimum Gasteiger partial charge on any atom is -0.478 e. The van der Waals surface area contributed by atoms with E-state index in [0.717, 1.165) is 12.1 Å². The third-order valence-electron chi connectivity index (χ3n) is 3.08. The first kappa shape index (κ1) is 17.7. The van der Waals surface area contributed by atoms with Gasteiger partial charge in [0, 0.05) is 18.4 Å². The van der Waals surface area contributed by atoms with Crippen LogP contribution in [0.4, 0.5) is 0 Å². The Kier molecular flexibility index (Phi) is 5.26. The number of hydrogen-bond donors (Lipinski definition) is 2. The van der Waals surface area contributed by atoms with Crippen molar-refractivity contribution in [2.24, 2.45) is 0 Å². The Bertz CT molecular complexity index is 841. The van der Waals surface area contributed by atoms with E-state index in [1.54, 1.807) is 19.1 Å². The number of nitrogens with zero attached hydrogens (tertiary/aromatic N) is 1. The molecule has 122 valence electrons. The highest BCUT2D eigenvalue weighted by atomic mass is 35.5. The Labute approximate surface area is 143 Å². The fourth-order valence-electron chi connectivity index (χ4n) is 1.92. The summed E-state index contributed by atoms with van der Waals surface area (Å²) in [6.45, 7) is 1.65. The average Bonchev–Trinajstić information content (AvgIpc) is 2.46. The van der Waals surface area contributed by atoms with E-state index in [1.165, 1.54) is 12.4 Å². The number of rotatable bonds is 5. The van der Waals surface area contributed by atoms with Gasteiger partial charge in [0.05, 0.1) is 15.6 Å². The molecule has 0 aliphatic rings. The van der Waals surface area contributed by atoms with Crippen LogP contribution in [0.1, 0.15) is 28.9 Å². The van der Waals surface area contributed by atoms with E-state index in [1.807, 2.05) is 0 Å². The van der Waals surface area contributed by atoms with Crippen LogP contribution in [-0.4, -0.2) is 24.5 Å². The summed E-state index contributed by atoms with van der Waals surface area (Å²) >= 11 is 11.7. The van der Waals surface area contributed by atoms with Crippen LogP contribution >= 0.6 is 23.2 Å². The van der Waals surface area contributed by atoms with E-state index >= 15 is 0 Å². The van der Waals surface area contributed by atoms with Gasteiger partial charge in [-0.05, 0) is 36.8 Å². The largest absolute Gasteiger partial charge is 0.478 e. The van der Waals surface area contributed by atoms with Gasteiger partial charge in [-0.2, -0.15) is 0 Å². The molecule has 0 saturated heterocycles. The van der Waals surface area contributed by atoms with Crippen LogP contribution < -0.4 is 4.72 Å². The van der Waals surface area contributed by atoms with Crippen LogP contribution in [0, 0.1) is 0 Å². The summed E-state index contributed by atoms with van der Waals surface area (Å²) in [5.74, 6) is -1.34. The van der Waals surface area contributed by atoms with Crippen LogP contribution in [0.25, 0.3) is 0 Å². The average molecular weight is 375 g/mol. The SMILES string of the molecule is CC(NS(=O)(=O)c1cc(C(=O)O)c(Cl)cc1Cl)c1ccncc1. The maximum Gasteiger partial charge on any atom is 0.337 e. The van der Waals surface area contributed by atoms with Crippen molar-refractivity contribution in [2.45, 2.75) is 17.9 Å². The van der Waals surface area contributed by atoms with Gasteiger partial charge in [-0.3, -0.25) is 4.98 Å². The Morgan fingerprint density at radius 3 is 2.39 bits per heavy atom. The van der Waals surface area contributed by atoms with Gasteiger partial charge in [0.15, 0.2) is 0 Å². The predicted molar refractivity (Wildman–Crippen MR) is 86.4 cm³/mol. The highest BCUT2D eigenvalue weighted by Crippen LogP contribution is 2.29. The summed E-state index contributed by atoms with van der Waals surface area (Å²) in [5, 5.41) is 8.76. The smallest absolute Gasteiger partial charge is 0.337 e. The summed E-state index contributed by atoms with van der Waals surface area (Å²) in [5.41, 5.74) is 0.361. The zero-order chi connectivity index (χ0) is 17.2. The molecule has 1 aromatic heterocycles. The van der Waals surface area contributed by atoms with Gasteiger partial charge in [0.25, 0.3) is 0 Å². The van der Waals surface area contributed by atoms with Crippen LogP contribution in [0.2, 0.25) is 10.0 Å². The summed E-state index contributed by atoms with van der Waals surface area (Å²) in [7, 11) is -4.04. The summed E-state index contributed by atoms with van der Waals surface area (Å²) in [6, 6.07) is 4.81. The number of aromatic nitrogens is 1. The molecule has 1 aromatic carbocycles. The van der Waals surface area contributed by atoms with E-state index < -0.39 is 22.0 Å².